The van der Waals surface area contributed by atoms with Crippen molar-refractivity contribution in [2.24, 2.45) is 0 Å². The van der Waals surface area contributed by atoms with E-state index >= 15 is 0 Å². The van der Waals surface area contributed by atoms with E-state index in [1.54, 1.807) is 0 Å². The summed E-state index contributed by atoms with van der Waals surface area (Å²) in [6.07, 6.45) is 3.81. The van der Waals surface area contributed by atoms with Crippen molar-refractivity contribution in [2.45, 2.75) is 19.3 Å². The molecule has 4 nitrogen and oxygen atoms in total. The van der Waals surface area contributed by atoms with Crippen molar-refractivity contribution >= 4 is 67.8 Å². The highest BCUT2D eigenvalue weighted by atomic mass is 28.3. The Morgan fingerprint density at radius 1 is 0.433 bits per heavy atom. The fourth-order valence-electron chi connectivity index (χ4n) is 9.83. The Bertz CT molecular complexity index is 3140. The van der Waals surface area contributed by atoms with Gasteiger partial charge in [0.05, 0.1) is 22.4 Å². The molecular formula is C55H42N4Si. The molecule has 1 aliphatic heterocycles. The van der Waals surface area contributed by atoms with Gasteiger partial charge in [-0.1, -0.05) is 159 Å². The Labute approximate surface area is 351 Å². The molecule has 0 saturated heterocycles. The van der Waals surface area contributed by atoms with E-state index in [0.29, 0.717) is 0 Å². The van der Waals surface area contributed by atoms with Crippen LogP contribution >= 0.6 is 0 Å². The Kier molecular flexibility index (Phi) is 8.46. The molecule has 0 N–H and O–H groups in total. The zero-order valence-corrected chi connectivity index (χ0v) is 34.6. The summed E-state index contributed by atoms with van der Waals surface area (Å²) in [5.41, 5.74) is 9.98. The lowest BCUT2D eigenvalue weighted by Gasteiger charge is -2.41. The lowest BCUT2D eigenvalue weighted by atomic mass is 9.74. The molecule has 11 rings (SSSR count). The molecule has 0 aliphatic carbocycles. The zero-order valence-electron chi connectivity index (χ0n) is 33.6. The second-order valence-corrected chi connectivity index (χ2v) is 20.0. The molecule has 0 fully saturated rings. The van der Waals surface area contributed by atoms with Crippen LogP contribution in [0.1, 0.15) is 25.0 Å². The maximum atomic E-state index is 5.20. The second kappa shape index (κ2) is 14.2. The number of benzene rings is 7. The summed E-state index contributed by atoms with van der Waals surface area (Å²) >= 11 is 0. The van der Waals surface area contributed by atoms with Crippen molar-refractivity contribution in [3.05, 3.63) is 230 Å². The van der Waals surface area contributed by atoms with Crippen LogP contribution in [0, 0.1) is 0 Å². The quantitative estimate of drug-likeness (QED) is 0.119. The topological polar surface area (TPSA) is 34.0 Å². The molecule has 10 aromatic rings. The van der Waals surface area contributed by atoms with Gasteiger partial charge in [0.15, 0.2) is 8.07 Å². The zero-order chi connectivity index (χ0) is 40.3. The minimum Gasteiger partial charge on any atom is -0.309 e. The third-order valence-corrected chi connectivity index (χ3v) is 17.4. The van der Waals surface area contributed by atoms with Gasteiger partial charge in [0.2, 0.25) is 0 Å². The average Bonchev–Trinajstić information content (AvgIpc) is 3.64. The highest BCUT2D eigenvalue weighted by Gasteiger charge is 2.43. The average molecular weight is 787 g/mol. The van der Waals surface area contributed by atoms with Crippen molar-refractivity contribution in [3.63, 3.8) is 0 Å². The molecule has 0 radical (unpaired) electrons. The number of fused-ring (bicyclic) bond motifs is 5. The lowest BCUT2D eigenvalue weighted by Crippen LogP contribution is -2.74. The van der Waals surface area contributed by atoms with E-state index in [-0.39, 0.29) is 5.41 Å². The first kappa shape index (κ1) is 35.8. The normalized spacial score (nSPS) is 13.3. The van der Waals surface area contributed by atoms with Gasteiger partial charge in [0.1, 0.15) is 5.82 Å². The van der Waals surface area contributed by atoms with Crippen LogP contribution in [0.2, 0.25) is 0 Å². The number of pyridine rings is 2. The molecular weight excluding hydrogens is 745 g/mol. The van der Waals surface area contributed by atoms with Crippen molar-refractivity contribution in [2.75, 3.05) is 4.90 Å². The molecule has 1 aliphatic rings. The van der Waals surface area contributed by atoms with E-state index in [1.165, 1.54) is 53.7 Å². The first-order valence-electron chi connectivity index (χ1n) is 20.7. The van der Waals surface area contributed by atoms with Crippen LogP contribution in [-0.2, 0) is 5.41 Å². The van der Waals surface area contributed by atoms with Gasteiger partial charge in [0.25, 0.3) is 0 Å². The monoisotopic (exact) mass is 786 g/mol. The molecule has 286 valence electrons. The van der Waals surface area contributed by atoms with E-state index < -0.39 is 8.07 Å². The van der Waals surface area contributed by atoms with Gasteiger partial charge in [-0.3, -0.25) is 9.88 Å². The fourth-order valence-corrected chi connectivity index (χ4v) is 14.6. The van der Waals surface area contributed by atoms with E-state index in [0.717, 1.165) is 34.1 Å². The van der Waals surface area contributed by atoms with Crippen LogP contribution in [0.15, 0.2) is 219 Å². The highest BCUT2D eigenvalue weighted by Crippen LogP contribution is 2.52. The number of hydrogen-bond acceptors (Lipinski definition) is 3. The van der Waals surface area contributed by atoms with Crippen LogP contribution in [0.3, 0.4) is 0 Å². The largest absolute Gasteiger partial charge is 0.309 e. The molecule has 7 aromatic carbocycles. The van der Waals surface area contributed by atoms with Crippen LogP contribution in [0.5, 0.6) is 0 Å². The van der Waals surface area contributed by atoms with E-state index in [9.17, 15) is 0 Å². The number of hydrogen-bond donors (Lipinski definition) is 0. The van der Waals surface area contributed by atoms with Gasteiger partial charge >= 0.3 is 0 Å². The van der Waals surface area contributed by atoms with Crippen molar-refractivity contribution in [1.29, 1.82) is 0 Å². The molecule has 60 heavy (non-hydrogen) atoms. The van der Waals surface area contributed by atoms with Gasteiger partial charge in [-0.05, 0) is 87.0 Å². The standard InChI is InChI=1S/C55H42N4Si/c1-55(2)48-30-18-34-57-54(48)59(53-37-47-46-29-12-13-32-51(46)58(52(47)38-49(53)55)40-20-6-3-7-21-40)41-22-17-28-45(36-41)60(42-23-8-4-9-24-42,43-25-10-5-11-26-43)44-27-16-19-39(35-44)50-31-14-15-33-56-50/h3-38H,1-2H3. The number of anilines is 3. The van der Waals surface area contributed by atoms with Crippen LogP contribution in [-0.4, -0.2) is 22.6 Å². The van der Waals surface area contributed by atoms with E-state index in [2.05, 4.69) is 224 Å². The van der Waals surface area contributed by atoms with E-state index in [4.69, 9.17) is 9.97 Å². The SMILES string of the molecule is CC1(C)c2cc3c(cc2N(c2cccc([Si](c4ccccc4)(c4ccccc4)c4cccc(-c5ccccn5)c4)c2)c2ncccc21)c1ccccc1n3-c1ccccc1. The van der Waals surface area contributed by atoms with Gasteiger partial charge < -0.3 is 4.57 Å². The molecule has 0 unspecified atom stereocenters. The van der Waals surface area contributed by atoms with Gasteiger partial charge in [-0.25, -0.2) is 4.98 Å². The summed E-state index contributed by atoms with van der Waals surface area (Å²) in [4.78, 5) is 12.4. The number of nitrogens with zero attached hydrogens (tertiary/aromatic N) is 4. The van der Waals surface area contributed by atoms with Gasteiger partial charge in [-0.15, -0.1) is 0 Å². The van der Waals surface area contributed by atoms with Crippen molar-refractivity contribution < 1.29 is 0 Å². The van der Waals surface area contributed by atoms with Gasteiger partial charge in [0, 0.05) is 51.1 Å². The summed E-state index contributed by atoms with van der Waals surface area (Å²) in [6.45, 7) is 4.69. The molecule has 0 saturated carbocycles. The second-order valence-electron chi connectivity index (χ2n) is 16.2. The Balaban J connectivity index is 1.20. The van der Waals surface area contributed by atoms with Crippen LogP contribution < -0.4 is 25.6 Å². The molecule has 3 aromatic heterocycles. The summed E-state index contributed by atoms with van der Waals surface area (Å²) in [7, 11) is -2.96. The van der Waals surface area contributed by atoms with Gasteiger partial charge in [-0.2, -0.15) is 0 Å². The predicted molar refractivity (Wildman–Crippen MR) is 252 cm³/mol. The fraction of sp³-hybridized carbons (Fsp3) is 0.0545. The number of rotatable bonds is 7. The Morgan fingerprint density at radius 3 is 1.78 bits per heavy atom. The molecule has 5 heteroatoms. The number of para-hydroxylation sites is 2. The lowest BCUT2D eigenvalue weighted by molar-refractivity contribution is 0.628. The third kappa shape index (κ3) is 5.50. The first-order valence-corrected chi connectivity index (χ1v) is 22.7. The highest BCUT2D eigenvalue weighted by molar-refractivity contribution is 7.20. The molecule has 4 heterocycles. The minimum absolute atomic E-state index is 0.322. The first-order chi connectivity index (χ1) is 29.5. The summed E-state index contributed by atoms with van der Waals surface area (Å²) in [6, 6.07) is 75.6. The summed E-state index contributed by atoms with van der Waals surface area (Å²) < 4.78 is 2.42. The van der Waals surface area contributed by atoms with Crippen LogP contribution in [0.4, 0.5) is 17.2 Å². The summed E-state index contributed by atoms with van der Waals surface area (Å²) in [5.74, 6) is 0.960. The summed E-state index contributed by atoms with van der Waals surface area (Å²) in [5, 5.41) is 7.68. The van der Waals surface area contributed by atoms with Crippen molar-refractivity contribution in [3.8, 4) is 16.9 Å². The molecule has 0 bridgehead atoms. The predicted octanol–water partition coefficient (Wildman–Crippen LogP) is 10.7. The Hall–Kier alpha value is -7.34. The molecule has 0 spiro atoms. The number of aromatic nitrogens is 3. The Morgan fingerprint density at radius 2 is 1.05 bits per heavy atom. The third-order valence-electron chi connectivity index (χ3n) is 12.6. The molecule has 0 atom stereocenters. The van der Waals surface area contributed by atoms with Crippen LogP contribution in [0.25, 0.3) is 38.8 Å². The van der Waals surface area contributed by atoms with E-state index in [1.807, 2.05) is 18.5 Å². The molecule has 0 amide bonds. The van der Waals surface area contributed by atoms with Crippen molar-refractivity contribution in [1.82, 2.24) is 14.5 Å². The maximum absolute atomic E-state index is 5.20. The maximum Gasteiger partial charge on any atom is 0.179 e. The minimum atomic E-state index is -2.96. The smallest absolute Gasteiger partial charge is 0.179 e.